The molecular weight excluding hydrogens is 244 g/mol. The summed E-state index contributed by atoms with van der Waals surface area (Å²) in [4.78, 5) is 2.68. The molecule has 0 aromatic carbocycles. The topological polar surface area (TPSA) is 55.9 Å². The Morgan fingerprint density at radius 3 is 2.78 bits per heavy atom. The number of hydrogen-bond donors (Lipinski definition) is 2. The largest absolute Gasteiger partial charge is 0.273 e. The molecule has 98 valence electrons. The number of nitrogens with zero attached hydrogens (tertiary/aromatic N) is 2. The van der Waals surface area contributed by atoms with Crippen molar-refractivity contribution in [3.63, 3.8) is 0 Å². The molecule has 1 atom stereocenters. The van der Waals surface area contributed by atoms with Crippen LogP contribution >= 0.6 is 11.3 Å². The molecule has 3 N–H and O–H groups in total. The number of thiophene rings is 1. The average Bonchev–Trinajstić information content (AvgIpc) is 2.88. The molecule has 0 aliphatic carbocycles. The fourth-order valence-electron chi connectivity index (χ4n) is 2.02. The second-order valence-electron chi connectivity index (χ2n) is 4.59. The van der Waals surface area contributed by atoms with Gasteiger partial charge in [0.15, 0.2) is 0 Å². The third-order valence-corrected chi connectivity index (χ3v) is 4.61. The van der Waals surface area contributed by atoms with Crippen LogP contribution < -0.4 is 11.3 Å². The van der Waals surface area contributed by atoms with E-state index in [2.05, 4.69) is 36.5 Å². The van der Waals surface area contributed by atoms with Crippen molar-refractivity contribution in [1.29, 1.82) is 0 Å². The smallest absolute Gasteiger partial charge is 0.0557 e. The number of rotatable bonds is 5. The van der Waals surface area contributed by atoms with E-state index in [-0.39, 0.29) is 6.04 Å². The lowest BCUT2D eigenvalue weighted by molar-refractivity contribution is 0.513. The van der Waals surface area contributed by atoms with E-state index in [1.807, 2.05) is 29.3 Å². The predicted octanol–water partition coefficient (Wildman–Crippen LogP) is 2.24. The van der Waals surface area contributed by atoms with Gasteiger partial charge in [-0.05, 0) is 44.4 Å². The monoisotopic (exact) mass is 264 g/mol. The van der Waals surface area contributed by atoms with Crippen molar-refractivity contribution in [2.24, 2.45) is 12.9 Å². The minimum absolute atomic E-state index is 0.220. The van der Waals surface area contributed by atoms with Crippen LogP contribution in [0.1, 0.15) is 33.5 Å². The highest BCUT2D eigenvalue weighted by Gasteiger charge is 2.14. The second kappa shape index (κ2) is 5.65. The molecule has 0 spiro atoms. The Morgan fingerprint density at radius 2 is 2.28 bits per heavy atom. The fraction of sp³-hybridized carbons (Fsp3) is 0.462. The SMILES string of the molecule is Cc1cc(C(CCc2ccnn2C)NN)sc1C. The molecule has 0 saturated heterocycles. The van der Waals surface area contributed by atoms with Crippen molar-refractivity contribution >= 4 is 11.3 Å². The summed E-state index contributed by atoms with van der Waals surface area (Å²) in [5, 5.41) is 4.18. The zero-order valence-corrected chi connectivity index (χ0v) is 11.9. The van der Waals surface area contributed by atoms with Crippen LogP contribution in [0.5, 0.6) is 0 Å². The number of nitrogens with two attached hydrogens (primary N) is 1. The summed E-state index contributed by atoms with van der Waals surface area (Å²) < 4.78 is 1.92. The highest BCUT2D eigenvalue weighted by atomic mass is 32.1. The summed E-state index contributed by atoms with van der Waals surface area (Å²) in [6.07, 6.45) is 3.79. The lowest BCUT2D eigenvalue weighted by Gasteiger charge is -2.14. The Hall–Kier alpha value is -1.17. The third kappa shape index (κ3) is 2.80. The second-order valence-corrected chi connectivity index (χ2v) is 5.88. The van der Waals surface area contributed by atoms with Crippen molar-refractivity contribution in [3.05, 3.63) is 39.3 Å². The standard InChI is InChI=1S/C13H20N4S/c1-9-8-13(18-10(9)2)12(16-14)5-4-11-6-7-15-17(11)3/h6-8,12,16H,4-5,14H2,1-3H3. The van der Waals surface area contributed by atoms with Crippen LogP contribution in [0.15, 0.2) is 18.3 Å². The van der Waals surface area contributed by atoms with Gasteiger partial charge in [-0.1, -0.05) is 0 Å². The summed E-state index contributed by atoms with van der Waals surface area (Å²) in [6, 6.07) is 4.50. The number of aromatic nitrogens is 2. The maximum absolute atomic E-state index is 5.68. The molecule has 0 radical (unpaired) electrons. The molecule has 0 saturated carbocycles. The Labute approximate surface area is 112 Å². The van der Waals surface area contributed by atoms with Gasteiger partial charge in [-0.15, -0.1) is 11.3 Å². The van der Waals surface area contributed by atoms with E-state index in [4.69, 9.17) is 5.84 Å². The molecule has 2 aromatic heterocycles. The van der Waals surface area contributed by atoms with Crippen LogP contribution in [-0.4, -0.2) is 9.78 Å². The molecule has 0 aliphatic rings. The maximum atomic E-state index is 5.68. The highest BCUT2D eigenvalue weighted by Crippen LogP contribution is 2.28. The molecule has 1 unspecified atom stereocenters. The van der Waals surface area contributed by atoms with Crippen LogP contribution in [0.4, 0.5) is 0 Å². The van der Waals surface area contributed by atoms with E-state index in [1.54, 1.807) is 0 Å². The van der Waals surface area contributed by atoms with Crippen molar-refractivity contribution in [2.75, 3.05) is 0 Å². The zero-order valence-electron chi connectivity index (χ0n) is 11.1. The molecule has 0 amide bonds. The van der Waals surface area contributed by atoms with Crippen molar-refractivity contribution in [3.8, 4) is 0 Å². The minimum atomic E-state index is 0.220. The molecule has 0 fully saturated rings. The van der Waals surface area contributed by atoms with Crippen LogP contribution in [0.2, 0.25) is 0 Å². The van der Waals surface area contributed by atoms with Gasteiger partial charge in [0.2, 0.25) is 0 Å². The molecule has 5 heteroatoms. The maximum Gasteiger partial charge on any atom is 0.0557 e. The number of hydrazine groups is 1. The van der Waals surface area contributed by atoms with Gasteiger partial charge in [-0.2, -0.15) is 5.10 Å². The third-order valence-electron chi connectivity index (χ3n) is 3.34. The summed E-state index contributed by atoms with van der Waals surface area (Å²) in [7, 11) is 1.97. The zero-order chi connectivity index (χ0) is 13.1. The molecule has 2 heterocycles. The van der Waals surface area contributed by atoms with Gasteiger partial charge in [0, 0.05) is 28.7 Å². The molecule has 4 nitrogen and oxygen atoms in total. The average molecular weight is 264 g/mol. The predicted molar refractivity (Wildman–Crippen MR) is 75.4 cm³/mol. The van der Waals surface area contributed by atoms with Crippen molar-refractivity contribution in [2.45, 2.75) is 32.7 Å². The lowest BCUT2D eigenvalue weighted by atomic mass is 10.1. The van der Waals surface area contributed by atoms with Crippen LogP contribution in [-0.2, 0) is 13.5 Å². The van der Waals surface area contributed by atoms with Gasteiger partial charge >= 0.3 is 0 Å². The van der Waals surface area contributed by atoms with Gasteiger partial charge < -0.3 is 0 Å². The molecular formula is C13H20N4S. The van der Waals surface area contributed by atoms with Gasteiger partial charge in [-0.25, -0.2) is 0 Å². The van der Waals surface area contributed by atoms with Crippen molar-refractivity contribution in [1.82, 2.24) is 15.2 Å². The number of hydrogen-bond acceptors (Lipinski definition) is 4. The first-order valence-corrected chi connectivity index (χ1v) is 6.93. The first-order valence-electron chi connectivity index (χ1n) is 6.11. The summed E-state index contributed by atoms with van der Waals surface area (Å²) in [5.41, 5.74) is 5.50. The fourth-order valence-corrected chi connectivity index (χ4v) is 3.16. The summed E-state index contributed by atoms with van der Waals surface area (Å²) in [6.45, 7) is 4.29. The molecule has 18 heavy (non-hydrogen) atoms. The van der Waals surface area contributed by atoms with Gasteiger partial charge in [0.25, 0.3) is 0 Å². The van der Waals surface area contributed by atoms with Crippen LogP contribution in [0.3, 0.4) is 0 Å². The Morgan fingerprint density at radius 1 is 1.50 bits per heavy atom. The van der Waals surface area contributed by atoms with Gasteiger partial charge in [0.05, 0.1) is 6.04 Å². The van der Waals surface area contributed by atoms with E-state index < -0.39 is 0 Å². The lowest BCUT2D eigenvalue weighted by Crippen LogP contribution is -2.28. The van der Waals surface area contributed by atoms with Gasteiger partial charge in [-0.3, -0.25) is 16.0 Å². The molecule has 2 rings (SSSR count). The Bertz CT molecular complexity index is 495. The summed E-state index contributed by atoms with van der Waals surface area (Å²) >= 11 is 1.82. The molecule has 2 aromatic rings. The van der Waals surface area contributed by atoms with E-state index >= 15 is 0 Å². The summed E-state index contributed by atoms with van der Waals surface area (Å²) in [5.74, 6) is 5.68. The Kier molecular flexibility index (Phi) is 4.16. The molecule has 0 bridgehead atoms. The Balaban J connectivity index is 2.04. The normalized spacial score (nSPS) is 12.9. The number of aryl methyl sites for hydroxylation is 4. The highest BCUT2D eigenvalue weighted by molar-refractivity contribution is 7.12. The van der Waals surface area contributed by atoms with E-state index in [9.17, 15) is 0 Å². The number of nitrogens with one attached hydrogen (secondary N) is 1. The molecule has 0 aliphatic heterocycles. The quantitative estimate of drug-likeness (QED) is 0.643. The van der Waals surface area contributed by atoms with E-state index in [1.165, 1.54) is 21.0 Å². The van der Waals surface area contributed by atoms with E-state index in [0.717, 1.165) is 12.8 Å². The first kappa shape index (κ1) is 13.3. The first-order chi connectivity index (χ1) is 8.61. The van der Waals surface area contributed by atoms with Crippen molar-refractivity contribution < 1.29 is 0 Å². The van der Waals surface area contributed by atoms with Crippen LogP contribution in [0, 0.1) is 13.8 Å². The van der Waals surface area contributed by atoms with Gasteiger partial charge in [0.1, 0.15) is 0 Å². The van der Waals surface area contributed by atoms with E-state index in [0.29, 0.717) is 0 Å². The van der Waals surface area contributed by atoms with Crippen LogP contribution in [0.25, 0.3) is 0 Å². The minimum Gasteiger partial charge on any atom is -0.273 e.